The molecule has 0 aliphatic heterocycles. The number of hydrogen-bond acceptors (Lipinski definition) is 4. The van der Waals surface area contributed by atoms with E-state index >= 15 is 0 Å². The summed E-state index contributed by atoms with van der Waals surface area (Å²) in [4.78, 5) is 23.3. The largest absolute Gasteiger partial charge is 0.482 e. The van der Waals surface area contributed by atoms with E-state index in [1.54, 1.807) is 6.92 Å². The maximum Gasteiger partial charge on any atom is 0.344 e. The second kappa shape index (κ2) is 6.80. The third-order valence-electron chi connectivity index (χ3n) is 5.01. The molecule has 2 aliphatic carbocycles. The molecule has 0 bridgehead atoms. The van der Waals surface area contributed by atoms with Crippen LogP contribution in [0.25, 0.3) is 5.57 Å². The molecule has 0 aromatic heterocycles. The van der Waals surface area contributed by atoms with Gasteiger partial charge in [0.25, 0.3) is 0 Å². The molecule has 0 spiro atoms. The maximum atomic E-state index is 11.9. The van der Waals surface area contributed by atoms with Crippen LogP contribution in [0.4, 0.5) is 0 Å². The zero-order valence-electron chi connectivity index (χ0n) is 14.4. The number of carbonyl (C=O) groups excluding carboxylic acids is 2. The molecule has 4 heteroatoms. The van der Waals surface area contributed by atoms with E-state index in [0.29, 0.717) is 18.8 Å². The molecule has 0 N–H and O–H groups in total. The van der Waals surface area contributed by atoms with Crippen LogP contribution in [-0.2, 0) is 20.7 Å². The fraction of sp³-hybridized carbons (Fsp3) is 0.500. The Labute approximate surface area is 142 Å². The van der Waals surface area contributed by atoms with Crippen molar-refractivity contribution in [3.05, 3.63) is 35.4 Å². The van der Waals surface area contributed by atoms with Gasteiger partial charge in [0.2, 0.25) is 0 Å². The van der Waals surface area contributed by atoms with Crippen LogP contribution >= 0.6 is 0 Å². The van der Waals surface area contributed by atoms with Gasteiger partial charge in [0, 0.05) is 11.8 Å². The lowest BCUT2D eigenvalue weighted by molar-refractivity contribution is -0.145. The highest BCUT2D eigenvalue weighted by Gasteiger charge is 2.43. The number of carbonyl (C=O) groups is 2. The molecule has 1 atom stereocenters. The minimum Gasteiger partial charge on any atom is -0.482 e. The number of benzene rings is 1. The Morgan fingerprint density at radius 1 is 1.29 bits per heavy atom. The molecular formula is C20H24O4. The van der Waals surface area contributed by atoms with Crippen molar-refractivity contribution in [1.29, 1.82) is 0 Å². The number of ketones is 1. The van der Waals surface area contributed by atoms with E-state index in [1.165, 1.54) is 16.7 Å². The molecule has 24 heavy (non-hydrogen) atoms. The first-order chi connectivity index (χ1) is 11.6. The highest BCUT2D eigenvalue weighted by molar-refractivity contribution is 6.01. The van der Waals surface area contributed by atoms with E-state index in [-0.39, 0.29) is 23.8 Å². The number of fused-ring (bicyclic) bond motifs is 3. The summed E-state index contributed by atoms with van der Waals surface area (Å²) in [6.07, 6.45) is 6.57. The molecule has 1 aromatic carbocycles. The van der Waals surface area contributed by atoms with Crippen molar-refractivity contribution in [1.82, 2.24) is 0 Å². The first kappa shape index (κ1) is 16.7. The van der Waals surface area contributed by atoms with Crippen LogP contribution in [-0.4, -0.2) is 25.0 Å². The Morgan fingerprint density at radius 2 is 2.12 bits per heavy atom. The molecule has 0 fully saturated rings. The van der Waals surface area contributed by atoms with E-state index in [4.69, 9.17) is 9.47 Å². The zero-order valence-corrected chi connectivity index (χ0v) is 14.4. The fourth-order valence-electron chi connectivity index (χ4n) is 4.04. The highest BCUT2D eigenvalue weighted by Crippen LogP contribution is 2.54. The lowest BCUT2D eigenvalue weighted by Crippen LogP contribution is -2.25. The summed E-state index contributed by atoms with van der Waals surface area (Å²) in [5.41, 5.74) is 3.68. The Bertz CT molecular complexity index is 689. The summed E-state index contributed by atoms with van der Waals surface area (Å²) < 4.78 is 10.4. The third kappa shape index (κ3) is 3.10. The number of rotatable bonds is 6. The van der Waals surface area contributed by atoms with Crippen LogP contribution in [0.2, 0.25) is 0 Å². The van der Waals surface area contributed by atoms with Crippen LogP contribution in [0, 0.1) is 5.41 Å². The second-order valence-electron chi connectivity index (χ2n) is 6.64. The molecular weight excluding hydrogens is 304 g/mol. The SMILES string of the molecule is CCCC12CCC(=O)C=C1c1ccc(OCC(=O)OCC)cc1C2. The first-order valence-electron chi connectivity index (χ1n) is 8.74. The van der Waals surface area contributed by atoms with Crippen molar-refractivity contribution >= 4 is 17.3 Å². The van der Waals surface area contributed by atoms with Crippen molar-refractivity contribution in [3.63, 3.8) is 0 Å². The first-order valence-corrected chi connectivity index (χ1v) is 8.74. The summed E-state index contributed by atoms with van der Waals surface area (Å²) in [5.74, 6) is 0.550. The molecule has 0 radical (unpaired) electrons. The van der Waals surface area contributed by atoms with Gasteiger partial charge in [-0.2, -0.15) is 0 Å². The van der Waals surface area contributed by atoms with Crippen molar-refractivity contribution in [2.45, 2.75) is 46.0 Å². The summed E-state index contributed by atoms with van der Waals surface area (Å²) in [7, 11) is 0. The van der Waals surface area contributed by atoms with Gasteiger partial charge >= 0.3 is 5.97 Å². The second-order valence-corrected chi connectivity index (χ2v) is 6.64. The topological polar surface area (TPSA) is 52.6 Å². The Balaban J connectivity index is 1.83. The molecule has 1 aromatic rings. The van der Waals surface area contributed by atoms with Gasteiger partial charge in [0.15, 0.2) is 12.4 Å². The zero-order chi connectivity index (χ0) is 17.2. The standard InChI is InChI=1S/C20H24O4/c1-3-8-20-9-7-15(21)11-18(20)17-6-5-16(10-14(17)12-20)24-13-19(22)23-4-2/h5-6,10-11H,3-4,7-9,12-13H2,1-2H3. The predicted molar refractivity (Wildman–Crippen MR) is 91.8 cm³/mol. The summed E-state index contributed by atoms with van der Waals surface area (Å²) in [6, 6.07) is 5.91. The van der Waals surface area contributed by atoms with Gasteiger partial charge in [-0.25, -0.2) is 4.79 Å². The normalized spacial score (nSPS) is 21.8. The van der Waals surface area contributed by atoms with Gasteiger partial charge in [-0.1, -0.05) is 19.4 Å². The number of esters is 1. The van der Waals surface area contributed by atoms with Gasteiger partial charge in [-0.05, 0) is 61.1 Å². The molecule has 0 saturated carbocycles. The third-order valence-corrected chi connectivity index (χ3v) is 5.01. The van der Waals surface area contributed by atoms with Crippen LogP contribution in [0.3, 0.4) is 0 Å². The fourth-order valence-corrected chi connectivity index (χ4v) is 4.04. The highest BCUT2D eigenvalue weighted by atomic mass is 16.6. The van der Waals surface area contributed by atoms with E-state index < -0.39 is 0 Å². The van der Waals surface area contributed by atoms with Gasteiger partial charge in [-0.15, -0.1) is 0 Å². The molecule has 2 aliphatic rings. The van der Waals surface area contributed by atoms with Crippen molar-refractivity contribution in [3.8, 4) is 5.75 Å². The van der Waals surface area contributed by atoms with Crippen LogP contribution in [0.15, 0.2) is 24.3 Å². The number of hydrogen-bond donors (Lipinski definition) is 0. The van der Waals surface area contributed by atoms with Crippen molar-refractivity contribution in [2.75, 3.05) is 13.2 Å². The minimum atomic E-state index is -0.359. The quantitative estimate of drug-likeness (QED) is 0.747. The van der Waals surface area contributed by atoms with Crippen LogP contribution in [0.5, 0.6) is 5.75 Å². The molecule has 0 amide bonds. The average Bonchev–Trinajstić information content (AvgIpc) is 2.87. The van der Waals surface area contributed by atoms with Gasteiger partial charge in [-0.3, -0.25) is 4.79 Å². The number of allylic oxidation sites excluding steroid dienone is 2. The molecule has 0 saturated heterocycles. The predicted octanol–water partition coefficient (Wildman–Crippen LogP) is 3.72. The molecule has 128 valence electrons. The van der Waals surface area contributed by atoms with Crippen LogP contribution in [0.1, 0.15) is 50.7 Å². The van der Waals surface area contributed by atoms with E-state index in [9.17, 15) is 9.59 Å². The van der Waals surface area contributed by atoms with Gasteiger partial charge in [0.05, 0.1) is 6.61 Å². The maximum absolute atomic E-state index is 11.9. The Kier molecular flexibility index (Phi) is 4.74. The van der Waals surface area contributed by atoms with E-state index in [2.05, 4.69) is 6.92 Å². The van der Waals surface area contributed by atoms with E-state index in [0.717, 1.165) is 25.7 Å². The van der Waals surface area contributed by atoms with Crippen LogP contribution < -0.4 is 4.74 Å². The Morgan fingerprint density at radius 3 is 2.88 bits per heavy atom. The smallest absolute Gasteiger partial charge is 0.344 e. The van der Waals surface area contributed by atoms with Crippen molar-refractivity contribution < 1.29 is 19.1 Å². The van der Waals surface area contributed by atoms with Gasteiger partial charge < -0.3 is 9.47 Å². The monoisotopic (exact) mass is 328 g/mol. The number of ether oxygens (including phenoxy) is 2. The minimum absolute atomic E-state index is 0.0755. The lowest BCUT2D eigenvalue weighted by Gasteiger charge is -2.33. The Hall–Kier alpha value is -2.10. The van der Waals surface area contributed by atoms with Crippen molar-refractivity contribution in [2.24, 2.45) is 5.41 Å². The summed E-state index contributed by atoms with van der Waals surface area (Å²) in [5, 5.41) is 0. The molecule has 0 heterocycles. The molecule has 3 rings (SSSR count). The van der Waals surface area contributed by atoms with E-state index in [1.807, 2.05) is 24.3 Å². The van der Waals surface area contributed by atoms with Gasteiger partial charge in [0.1, 0.15) is 5.75 Å². The summed E-state index contributed by atoms with van der Waals surface area (Å²) >= 11 is 0. The molecule has 4 nitrogen and oxygen atoms in total. The lowest BCUT2D eigenvalue weighted by atomic mass is 9.70. The molecule has 1 unspecified atom stereocenters. The average molecular weight is 328 g/mol. The summed E-state index contributed by atoms with van der Waals surface area (Å²) in [6.45, 7) is 4.25.